The summed E-state index contributed by atoms with van der Waals surface area (Å²) in [6, 6.07) is 0. The molecule has 0 bridgehead atoms. The molecule has 4 nitrogen and oxygen atoms in total. The second-order valence-electron chi connectivity index (χ2n) is 5.64. The fourth-order valence-electron chi connectivity index (χ4n) is 3.24. The summed E-state index contributed by atoms with van der Waals surface area (Å²) in [7, 11) is 0. The summed E-state index contributed by atoms with van der Waals surface area (Å²) in [6.45, 7) is 2.99. The number of anilines is 1. The van der Waals surface area contributed by atoms with Crippen LogP contribution in [0.3, 0.4) is 0 Å². The molecule has 0 radical (unpaired) electrons. The lowest BCUT2D eigenvalue weighted by atomic mass is 9.91. The molecule has 4 rings (SSSR count). The molecule has 0 saturated carbocycles. The molecule has 0 aromatic carbocycles. The molecule has 2 heterocycles. The van der Waals surface area contributed by atoms with Crippen molar-refractivity contribution in [3.8, 4) is 0 Å². The van der Waals surface area contributed by atoms with Crippen LogP contribution in [-0.2, 0) is 6.54 Å². The first-order chi connectivity index (χ1) is 10.8. The lowest BCUT2D eigenvalue weighted by Crippen LogP contribution is -2.07. The van der Waals surface area contributed by atoms with E-state index in [-0.39, 0.29) is 0 Å². The third-order valence-corrected chi connectivity index (χ3v) is 5.59. The molecule has 5 heteroatoms. The van der Waals surface area contributed by atoms with Gasteiger partial charge in [0.25, 0.3) is 0 Å². The number of fused-ring (bicyclic) bond motifs is 2. The van der Waals surface area contributed by atoms with E-state index < -0.39 is 0 Å². The zero-order chi connectivity index (χ0) is 15.1. The largest absolute Gasteiger partial charge is 0.383 e. The van der Waals surface area contributed by atoms with Crippen LogP contribution in [0.2, 0.25) is 0 Å². The van der Waals surface area contributed by atoms with Crippen molar-refractivity contribution in [3.05, 3.63) is 47.8 Å². The van der Waals surface area contributed by atoms with Crippen molar-refractivity contribution in [1.82, 2.24) is 14.5 Å². The van der Waals surface area contributed by atoms with Gasteiger partial charge in [-0.3, -0.25) is 0 Å². The highest BCUT2D eigenvalue weighted by Gasteiger charge is 2.28. The van der Waals surface area contributed by atoms with Crippen molar-refractivity contribution >= 4 is 28.6 Å². The summed E-state index contributed by atoms with van der Waals surface area (Å²) >= 11 is 1.81. The number of nitrogen functional groups attached to an aromatic ring is 1. The number of aryl methyl sites for hydroxylation is 1. The topological polar surface area (TPSA) is 56.7 Å². The number of nitrogens with two attached hydrogens (primary N) is 1. The van der Waals surface area contributed by atoms with Gasteiger partial charge in [-0.25, -0.2) is 9.97 Å². The average Bonchev–Trinajstić information content (AvgIpc) is 3.11. The van der Waals surface area contributed by atoms with Crippen molar-refractivity contribution in [3.63, 3.8) is 0 Å². The molecule has 0 saturated heterocycles. The minimum atomic E-state index is 0.501. The molecule has 2 aliphatic carbocycles. The van der Waals surface area contributed by atoms with E-state index in [1.165, 1.54) is 11.2 Å². The first-order valence-electron chi connectivity index (χ1n) is 7.60. The Kier molecular flexibility index (Phi) is 3.30. The molecular weight excluding hydrogens is 292 g/mol. The lowest BCUT2D eigenvalue weighted by molar-refractivity contribution is 0.592. The highest BCUT2D eigenvalue weighted by Crippen LogP contribution is 2.46. The van der Waals surface area contributed by atoms with Gasteiger partial charge in [-0.2, -0.15) is 0 Å². The number of allylic oxidation sites excluding steroid dienone is 6. The first-order valence-corrected chi connectivity index (χ1v) is 8.41. The predicted molar refractivity (Wildman–Crippen MR) is 91.4 cm³/mol. The molecule has 2 N–H and O–H groups in total. The summed E-state index contributed by atoms with van der Waals surface area (Å²) in [4.78, 5) is 11.1. The van der Waals surface area contributed by atoms with Gasteiger partial charge in [0.05, 0.1) is 5.39 Å². The molecule has 112 valence electrons. The summed E-state index contributed by atoms with van der Waals surface area (Å²) in [5.74, 6) is 1.68. The van der Waals surface area contributed by atoms with Crippen LogP contribution in [0.4, 0.5) is 5.82 Å². The second-order valence-corrected chi connectivity index (χ2v) is 6.76. The van der Waals surface area contributed by atoms with Crippen LogP contribution >= 0.6 is 11.8 Å². The standard InChI is InChI=1S/C17H18N4S/c1-2-21-9-14(15-16(18)19-10-20-17(15)21)22-13-8-7-11-5-3-4-6-12(11)13/h3-6,8-12H,2,7H2,1H3,(H2,18,19,20). The van der Waals surface area contributed by atoms with Crippen LogP contribution < -0.4 is 5.73 Å². The van der Waals surface area contributed by atoms with Crippen LogP contribution in [0.15, 0.2) is 52.7 Å². The highest BCUT2D eigenvalue weighted by atomic mass is 32.2. The summed E-state index contributed by atoms with van der Waals surface area (Å²) in [6.07, 6.45) is 16.1. The maximum absolute atomic E-state index is 6.11. The van der Waals surface area contributed by atoms with Gasteiger partial charge in [0.2, 0.25) is 0 Å². The molecule has 0 spiro atoms. The molecule has 2 atom stereocenters. The Morgan fingerprint density at radius 3 is 3.05 bits per heavy atom. The van der Waals surface area contributed by atoms with Gasteiger partial charge in [0.1, 0.15) is 17.8 Å². The smallest absolute Gasteiger partial charge is 0.146 e. The first kappa shape index (κ1) is 13.6. The Bertz CT molecular complexity index is 815. The second kappa shape index (κ2) is 5.32. The molecule has 0 fully saturated rings. The quantitative estimate of drug-likeness (QED) is 0.937. The minimum Gasteiger partial charge on any atom is -0.383 e. The van der Waals surface area contributed by atoms with Gasteiger partial charge in [-0.1, -0.05) is 42.1 Å². The zero-order valence-electron chi connectivity index (χ0n) is 12.4. The van der Waals surface area contributed by atoms with Crippen molar-refractivity contribution in [2.75, 3.05) is 5.73 Å². The van der Waals surface area contributed by atoms with Crippen molar-refractivity contribution in [2.24, 2.45) is 11.8 Å². The van der Waals surface area contributed by atoms with Gasteiger partial charge in [-0.05, 0) is 24.2 Å². The fourth-order valence-corrected chi connectivity index (χ4v) is 4.54. The summed E-state index contributed by atoms with van der Waals surface area (Å²) in [5, 5.41) is 0.981. The molecule has 0 aliphatic heterocycles. The Balaban J connectivity index is 1.73. The third kappa shape index (κ3) is 2.08. The maximum atomic E-state index is 6.11. The van der Waals surface area contributed by atoms with E-state index in [4.69, 9.17) is 5.73 Å². The number of nitrogens with zero attached hydrogens (tertiary/aromatic N) is 3. The Morgan fingerprint density at radius 1 is 1.32 bits per heavy atom. The number of hydrogen-bond donors (Lipinski definition) is 1. The minimum absolute atomic E-state index is 0.501. The van der Waals surface area contributed by atoms with E-state index in [1.54, 1.807) is 0 Å². The third-order valence-electron chi connectivity index (χ3n) is 4.39. The Hall–Kier alpha value is -2.01. The normalized spacial score (nSPS) is 23.0. The summed E-state index contributed by atoms with van der Waals surface area (Å²) in [5.41, 5.74) is 7.03. The van der Waals surface area contributed by atoms with Crippen LogP contribution in [0.25, 0.3) is 11.0 Å². The van der Waals surface area contributed by atoms with Crippen molar-refractivity contribution < 1.29 is 0 Å². The van der Waals surface area contributed by atoms with Crippen LogP contribution in [0.5, 0.6) is 0 Å². The molecule has 2 aromatic rings. The SMILES string of the molecule is CCn1cc(SC2=CCC3C=CC=CC23)c2c(N)ncnc21. The van der Waals surface area contributed by atoms with Gasteiger partial charge in [0, 0.05) is 23.6 Å². The Labute approximate surface area is 133 Å². The fraction of sp³-hybridized carbons (Fsp3) is 0.294. The van der Waals surface area contributed by atoms with Crippen molar-refractivity contribution in [1.29, 1.82) is 0 Å². The lowest BCUT2D eigenvalue weighted by Gasteiger charge is -2.18. The number of hydrogen-bond acceptors (Lipinski definition) is 4. The molecule has 2 aliphatic rings. The van der Waals surface area contributed by atoms with Crippen molar-refractivity contribution in [2.45, 2.75) is 24.8 Å². The number of thioether (sulfide) groups is 1. The van der Waals surface area contributed by atoms with Crippen LogP contribution in [0.1, 0.15) is 13.3 Å². The van der Waals surface area contributed by atoms with E-state index in [2.05, 4.69) is 58.0 Å². The van der Waals surface area contributed by atoms with Crippen LogP contribution in [0, 0.1) is 11.8 Å². The number of rotatable bonds is 3. The zero-order valence-corrected chi connectivity index (χ0v) is 13.3. The van der Waals surface area contributed by atoms with Gasteiger partial charge < -0.3 is 10.3 Å². The van der Waals surface area contributed by atoms with E-state index in [0.29, 0.717) is 17.7 Å². The average molecular weight is 310 g/mol. The van der Waals surface area contributed by atoms with E-state index >= 15 is 0 Å². The maximum Gasteiger partial charge on any atom is 0.146 e. The van der Waals surface area contributed by atoms with E-state index in [9.17, 15) is 0 Å². The Morgan fingerprint density at radius 2 is 2.18 bits per heavy atom. The van der Waals surface area contributed by atoms with Gasteiger partial charge in [0.15, 0.2) is 0 Å². The van der Waals surface area contributed by atoms with E-state index in [0.717, 1.165) is 28.9 Å². The predicted octanol–water partition coefficient (Wildman–Crippen LogP) is 3.77. The molecule has 22 heavy (non-hydrogen) atoms. The number of aromatic nitrogens is 3. The van der Waals surface area contributed by atoms with Gasteiger partial charge in [-0.15, -0.1) is 0 Å². The van der Waals surface area contributed by atoms with Gasteiger partial charge >= 0.3 is 0 Å². The van der Waals surface area contributed by atoms with Crippen LogP contribution in [-0.4, -0.2) is 14.5 Å². The molecule has 0 amide bonds. The summed E-state index contributed by atoms with van der Waals surface area (Å²) < 4.78 is 2.14. The molecular formula is C17H18N4S. The molecule has 2 unspecified atom stereocenters. The molecule has 2 aromatic heterocycles. The van der Waals surface area contributed by atoms with E-state index in [1.807, 2.05) is 11.8 Å². The monoisotopic (exact) mass is 310 g/mol. The highest BCUT2D eigenvalue weighted by molar-refractivity contribution is 8.03.